The zero-order chi connectivity index (χ0) is 11.1. The van der Waals surface area contributed by atoms with Crippen molar-refractivity contribution in [3.63, 3.8) is 0 Å². The van der Waals surface area contributed by atoms with Crippen LogP contribution in [-0.2, 0) is 0 Å². The monoisotopic (exact) mass is 255 g/mol. The minimum Gasteiger partial charge on any atom is -0.292 e. The average molecular weight is 255 g/mol. The summed E-state index contributed by atoms with van der Waals surface area (Å²) >= 11 is 4.26. The fourth-order valence-corrected chi connectivity index (χ4v) is 4.95. The van der Waals surface area contributed by atoms with Gasteiger partial charge in [0, 0.05) is 6.42 Å². The highest BCUT2D eigenvalue weighted by atomic mass is 32.2. The molecule has 3 heteroatoms. The lowest BCUT2D eigenvalue weighted by Crippen LogP contribution is -2.18. The van der Waals surface area contributed by atoms with Gasteiger partial charge in [0.25, 0.3) is 0 Å². The molecule has 0 spiro atoms. The van der Waals surface area contributed by atoms with Crippen molar-refractivity contribution in [1.82, 2.24) is 4.90 Å². The zero-order valence-corrected chi connectivity index (χ0v) is 11.5. The Kier molecular flexibility index (Phi) is 5.96. The third-order valence-corrected chi connectivity index (χ3v) is 6.11. The van der Waals surface area contributed by atoms with Crippen molar-refractivity contribution in [2.24, 2.45) is 0 Å². The molecule has 2 aliphatic heterocycles. The van der Waals surface area contributed by atoms with Gasteiger partial charge in [-0.15, -0.1) is 29.4 Å². The molecule has 16 heavy (non-hydrogen) atoms. The fraction of sp³-hybridized carbons (Fsp3) is 0.846. The minimum atomic E-state index is 0.829. The first-order chi connectivity index (χ1) is 7.95. The summed E-state index contributed by atoms with van der Waals surface area (Å²) < 4.78 is 0.829. The van der Waals surface area contributed by atoms with Gasteiger partial charge in [0.05, 0.1) is 11.1 Å². The molecule has 2 aliphatic rings. The second kappa shape index (κ2) is 7.53. The first-order valence-corrected chi connectivity index (χ1v) is 8.46. The van der Waals surface area contributed by atoms with Gasteiger partial charge in [-0.3, -0.25) is 4.90 Å². The van der Waals surface area contributed by atoms with E-state index in [0.717, 1.165) is 17.5 Å². The van der Waals surface area contributed by atoms with E-state index >= 15 is 0 Å². The van der Waals surface area contributed by atoms with Crippen molar-refractivity contribution in [1.29, 1.82) is 0 Å². The molecule has 0 aromatic heterocycles. The summed E-state index contributed by atoms with van der Waals surface area (Å²) in [7, 11) is 0. The molecule has 2 rings (SSSR count). The molecule has 2 saturated heterocycles. The normalized spacial score (nSPS) is 23.0. The highest BCUT2D eigenvalue weighted by Gasteiger charge is 2.13. The van der Waals surface area contributed by atoms with Crippen molar-refractivity contribution in [2.45, 2.75) is 36.7 Å². The number of thioether (sulfide) groups is 2. The van der Waals surface area contributed by atoms with Gasteiger partial charge in [0.1, 0.15) is 0 Å². The largest absolute Gasteiger partial charge is 0.292 e. The van der Waals surface area contributed by atoms with Crippen LogP contribution in [0.15, 0.2) is 0 Å². The molecule has 2 fully saturated rings. The molecule has 0 aliphatic carbocycles. The number of hydrogen-bond donors (Lipinski definition) is 0. The number of nitrogens with zero attached hydrogens (tertiary/aromatic N) is 1. The molecule has 0 aromatic carbocycles. The van der Waals surface area contributed by atoms with E-state index in [1.165, 1.54) is 50.3 Å². The predicted molar refractivity (Wildman–Crippen MR) is 76.0 cm³/mol. The molecule has 90 valence electrons. The third kappa shape index (κ3) is 4.61. The van der Waals surface area contributed by atoms with Crippen molar-refractivity contribution in [3.05, 3.63) is 0 Å². The zero-order valence-electron chi connectivity index (χ0n) is 9.91. The predicted octanol–water partition coefficient (Wildman–Crippen LogP) is 3.06. The van der Waals surface area contributed by atoms with Crippen molar-refractivity contribution in [3.8, 4) is 11.8 Å². The standard InChI is InChI=1S/C13H21NS2/c1(3-8-14-9-4-5-10-14)2-7-13-15-11-6-12-16-13/h13H,2,4-12H2. The molecule has 0 aromatic rings. The highest BCUT2D eigenvalue weighted by molar-refractivity contribution is 8.17. The quantitative estimate of drug-likeness (QED) is 0.714. The summed E-state index contributed by atoms with van der Waals surface area (Å²) in [4.78, 5) is 2.47. The molecular weight excluding hydrogens is 234 g/mol. The smallest absolute Gasteiger partial charge is 0.0601 e. The van der Waals surface area contributed by atoms with Crippen LogP contribution >= 0.6 is 23.5 Å². The summed E-state index contributed by atoms with van der Waals surface area (Å²) in [5, 5.41) is 0. The number of hydrogen-bond acceptors (Lipinski definition) is 3. The van der Waals surface area contributed by atoms with E-state index in [4.69, 9.17) is 0 Å². The van der Waals surface area contributed by atoms with Gasteiger partial charge >= 0.3 is 0 Å². The van der Waals surface area contributed by atoms with E-state index < -0.39 is 0 Å². The number of rotatable bonds is 3. The number of likely N-dealkylation sites (tertiary alicyclic amines) is 1. The topological polar surface area (TPSA) is 3.24 Å². The van der Waals surface area contributed by atoms with Crippen LogP contribution in [0, 0.1) is 11.8 Å². The third-order valence-electron chi connectivity index (χ3n) is 3.03. The summed E-state index contributed by atoms with van der Waals surface area (Å²) in [5.41, 5.74) is 0. The fourth-order valence-electron chi connectivity index (χ4n) is 2.09. The summed E-state index contributed by atoms with van der Waals surface area (Å²) in [6, 6.07) is 0. The maximum atomic E-state index is 3.34. The van der Waals surface area contributed by atoms with Crippen LogP contribution in [0.1, 0.15) is 32.1 Å². The van der Waals surface area contributed by atoms with Gasteiger partial charge in [0.2, 0.25) is 0 Å². The van der Waals surface area contributed by atoms with Crippen LogP contribution in [0.2, 0.25) is 0 Å². The Labute approximate surface area is 108 Å². The van der Waals surface area contributed by atoms with Crippen LogP contribution < -0.4 is 0 Å². The van der Waals surface area contributed by atoms with E-state index in [9.17, 15) is 0 Å². The van der Waals surface area contributed by atoms with E-state index in [1.807, 2.05) is 0 Å². The Morgan fingerprint density at radius 2 is 1.75 bits per heavy atom. The van der Waals surface area contributed by atoms with Crippen LogP contribution in [-0.4, -0.2) is 40.6 Å². The summed E-state index contributed by atoms with van der Waals surface area (Å²) in [5.74, 6) is 9.39. The van der Waals surface area contributed by atoms with E-state index in [0.29, 0.717) is 0 Å². The lowest BCUT2D eigenvalue weighted by atomic mass is 10.3. The molecule has 0 radical (unpaired) electrons. The van der Waals surface area contributed by atoms with Crippen LogP contribution in [0.25, 0.3) is 0 Å². The second-order valence-corrected chi connectivity index (χ2v) is 7.32. The molecular formula is C13H21NS2. The summed E-state index contributed by atoms with van der Waals surface area (Å²) in [6.07, 6.45) is 6.52. The minimum absolute atomic E-state index is 0.829. The molecule has 1 nitrogen and oxygen atoms in total. The first kappa shape index (κ1) is 12.7. The van der Waals surface area contributed by atoms with Crippen molar-refractivity contribution < 1.29 is 0 Å². The van der Waals surface area contributed by atoms with Crippen LogP contribution in [0.3, 0.4) is 0 Å². The van der Waals surface area contributed by atoms with Gasteiger partial charge in [0.15, 0.2) is 0 Å². The van der Waals surface area contributed by atoms with Gasteiger partial charge in [-0.25, -0.2) is 0 Å². The summed E-state index contributed by atoms with van der Waals surface area (Å²) in [6.45, 7) is 3.54. The molecule has 0 unspecified atom stereocenters. The molecule has 0 amide bonds. The molecule has 2 heterocycles. The van der Waals surface area contributed by atoms with Crippen LogP contribution in [0.5, 0.6) is 0 Å². The van der Waals surface area contributed by atoms with Crippen molar-refractivity contribution in [2.75, 3.05) is 31.1 Å². The van der Waals surface area contributed by atoms with Gasteiger partial charge in [-0.1, -0.05) is 5.92 Å². The van der Waals surface area contributed by atoms with E-state index in [1.54, 1.807) is 0 Å². The van der Waals surface area contributed by atoms with Crippen LogP contribution in [0.4, 0.5) is 0 Å². The maximum absolute atomic E-state index is 3.34. The van der Waals surface area contributed by atoms with E-state index in [-0.39, 0.29) is 0 Å². The van der Waals surface area contributed by atoms with Gasteiger partial charge in [-0.2, -0.15) is 0 Å². The van der Waals surface area contributed by atoms with E-state index in [2.05, 4.69) is 40.3 Å². The lowest BCUT2D eigenvalue weighted by molar-refractivity contribution is 0.383. The van der Waals surface area contributed by atoms with Gasteiger partial charge < -0.3 is 0 Å². The molecule has 0 saturated carbocycles. The second-order valence-electron chi connectivity index (χ2n) is 4.40. The average Bonchev–Trinajstić information content (AvgIpc) is 2.83. The molecule has 0 N–H and O–H groups in total. The Hall–Kier alpha value is 0.220. The SMILES string of the molecule is C(#CCN1CCCC1)CCC1SCCCS1. The molecule has 0 bridgehead atoms. The molecule has 0 atom stereocenters. The lowest BCUT2D eigenvalue weighted by Gasteiger charge is -2.19. The van der Waals surface area contributed by atoms with Crippen molar-refractivity contribution >= 4 is 23.5 Å². The van der Waals surface area contributed by atoms with Gasteiger partial charge in [-0.05, 0) is 50.3 Å². The Balaban J connectivity index is 1.54. The first-order valence-electron chi connectivity index (χ1n) is 6.36. The Morgan fingerprint density at radius 3 is 2.50 bits per heavy atom. The maximum Gasteiger partial charge on any atom is 0.0601 e. The Bertz CT molecular complexity index is 244. The highest BCUT2D eigenvalue weighted by Crippen LogP contribution is 2.33. The Morgan fingerprint density at radius 1 is 1.00 bits per heavy atom.